The summed E-state index contributed by atoms with van der Waals surface area (Å²) in [6, 6.07) is 0.764. The molecule has 4 aliphatic carbocycles. The van der Waals surface area contributed by atoms with Crippen LogP contribution >= 0.6 is 0 Å². The molecule has 0 aromatic carbocycles. The highest BCUT2D eigenvalue weighted by molar-refractivity contribution is 5.08. The Hall–Kier alpha value is -0.0800. The van der Waals surface area contributed by atoms with E-state index in [4.69, 9.17) is 0 Å². The molecule has 0 amide bonds. The second-order valence-electron chi connectivity index (χ2n) is 7.39. The number of nitrogens with one attached hydrogen (secondary N) is 1. The molecule has 0 spiro atoms. The topological polar surface area (TPSA) is 15.3 Å². The van der Waals surface area contributed by atoms with Gasteiger partial charge in [0.2, 0.25) is 0 Å². The predicted octanol–water partition coefficient (Wildman–Crippen LogP) is 2.25. The zero-order valence-corrected chi connectivity index (χ0v) is 11.1. The lowest BCUT2D eigenvalue weighted by atomic mass is 9.52. The van der Waals surface area contributed by atoms with E-state index in [2.05, 4.69) is 17.1 Å². The molecule has 0 aromatic heterocycles. The highest BCUT2D eigenvalue weighted by atomic mass is 15.3. The lowest BCUT2D eigenvalue weighted by Crippen LogP contribution is -2.66. The molecule has 1 heterocycles. The highest BCUT2D eigenvalue weighted by Gasteiger charge is 2.54. The van der Waals surface area contributed by atoms with Crippen molar-refractivity contribution in [2.45, 2.75) is 57.0 Å². The lowest BCUT2D eigenvalue weighted by molar-refractivity contribution is -0.107. The fourth-order valence-corrected chi connectivity index (χ4v) is 5.96. The Kier molecular flexibility index (Phi) is 2.36. The minimum absolute atomic E-state index is 0.635. The summed E-state index contributed by atoms with van der Waals surface area (Å²) < 4.78 is 0. The molecule has 5 fully saturated rings. The molecule has 17 heavy (non-hydrogen) atoms. The van der Waals surface area contributed by atoms with E-state index >= 15 is 0 Å². The first-order valence-electron chi connectivity index (χ1n) is 7.73. The van der Waals surface area contributed by atoms with Crippen LogP contribution in [0, 0.1) is 17.8 Å². The smallest absolute Gasteiger partial charge is 0.0221 e. The Morgan fingerprint density at radius 2 is 1.59 bits per heavy atom. The molecule has 4 saturated carbocycles. The molecule has 4 bridgehead atoms. The van der Waals surface area contributed by atoms with Crippen LogP contribution < -0.4 is 5.32 Å². The summed E-state index contributed by atoms with van der Waals surface area (Å²) in [5.74, 6) is 3.26. The van der Waals surface area contributed by atoms with Gasteiger partial charge in [-0.1, -0.05) is 0 Å². The molecule has 1 unspecified atom stereocenters. The number of rotatable bonds is 1. The van der Waals surface area contributed by atoms with Crippen molar-refractivity contribution in [1.82, 2.24) is 10.2 Å². The number of nitrogens with zero attached hydrogens (tertiary/aromatic N) is 1. The van der Waals surface area contributed by atoms with Crippen LogP contribution in [0.2, 0.25) is 0 Å². The largest absolute Gasteiger partial charge is 0.314 e. The molecule has 1 saturated heterocycles. The third-order valence-electron chi connectivity index (χ3n) is 6.12. The van der Waals surface area contributed by atoms with E-state index in [0.717, 1.165) is 23.8 Å². The van der Waals surface area contributed by atoms with Gasteiger partial charge in [-0.15, -0.1) is 0 Å². The van der Waals surface area contributed by atoms with Crippen LogP contribution in [0.5, 0.6) is 0 Å². The van der Waals surface area contributed by atoms with Gasteiger partial charge in [-0.3, -0.25) is 4.90 Å². The van der Waals surface area contributed by atoms with E-state index in [1.165, 1.54) is 38.9 Å². The van der Waals surface area contributed by atoms with Crippen LogP contribution in [-0.4, -0.2) is 36.1 Å². The van der Waals surface area contributed by atoms with Crippen molar-refractivity contribution in [2.75, 3.05) is 19.6 Å². The van der Waals surface area contributed by atoms with Gasteiger partial charge in [0.05, 0.1) is 0 Å². The zero-order chi connectivity index (χ0) is 11.5. The fourth-order valence-electron chi connectivity index (χ4n) is 5.96. The molecule has 96 valence electrons. The molecule has 2 heteroatoms. The predicted molar refractivity (Wildman–Crippen MR) is 69.9 cm³/mol. The van der Waals surface area contributed by atoms with Crippen molar-refractivity contribution in [1.29, 1.82) is 0 Å². The Morgan fingerprint density at radius 1 is 1.00 bits per heavy atom. The summed E-state index contributed by atoms with van der Waals surface area (Å²) >= 11 is 0. The molecule has 2 nitrogen and oxygen atoms in total. The van der Waals surface area contributed by atoms with Crippen molar-refractivity contribution < 1.29 is 0 Å². The summed E-state index contributed by atoms with van der Waals surface area (Å²) in [5.41, 5.74) is 0.635. The maximum Gasteiger partial charge on any atom is 0.0221 e. The van der Waals surface area contributed by atoms with Crippen molar-refractivity contribution in [2.24, 2.45) is 17.8 Å². The average molecular weight is 234 g/mol. The SMILES string of the molecule is CC1CNCCN1C12CC3CC(CC(C3)C1)C2. The standard InChI is InChI=1S/C15H26N2/c1-11-10-16-2-3-17(11)15-7-12-4-13(8-15)6-14(5-12)9-15/h11-14,16H,2-10H2,1H3. The summed E-state index contributed by atoms with van der Waals surface area (Å²) in [4.78, 5) is 2.91. The van der Waals surface area contributed by atoms with Crippen LogP contribution in [-0.2, 0) is 0 Å². The third kappa shape index (κ3) is 1.60. The molecule has 0 radical (unpaired) electrons. The van der Waals surface area contributed by atoms with Crippen LogP contribution in [0.25, 0.3) is 0 Å². The first-order valence-corrected chi connectivity index (χ1v) is 7.73. The summed E-state index contributed by atoms with van der Waals surface area (Å²) in [6.45, 7) is 6.16. The van der Waals surface area contributed by atoms with E-state index in [9.17, 15) is 0 Å². The number of hydrogen-bond acceptors (Lipinski definition) is 2. The molecule has 5 aliphatic rings. The molecule has 5 rings (SSSR count). The molecule has 0 aromatic rings. The molecule has 1 aliphatic heterocycles. The molecular formula is C15H26N2. The van der Waals surface area contributed by atoms with Crippen molar-refractivity contribution >= 4 is 0 Å². The van der Waals surface area contributed by atoms with Crippen LogP contribution in [0.3, 0.4) is 0 Å². The monoisotopic (exact) mass is 234 g/mol. The molecule has 1 N–H and O–H groups in total. The first-order chi connectivity index (χ1) is 8.25. The van der Waals surface area contributed by atoms with Gasteiger partial charge in [0, 0.05) is 31.2 Å². The number of hydrogen-bond donors (Lipinski definition) is 1. The summed E-state index contributed by atoms with van der Waals surface area (Å²) in [7, 11) is 0. The molecular weight excluding hydrogens is 208 g/mol. The van der Waals surface area contributed by atoms with E-state index in [1.807, 2.05) is 0 Å². The van der Waals surface area contributed by atoms with Gasteiger partial charge in [0.25, 0.3) is 0 Å². The van der Waals surface area contributed by atoms with Crippen molar-refractivity contribution in [3.8, 4) is 0 Å². The van der Waals surface area contributed by atoms with Gasteiger partial charge >= 0.3 is 0 Å². The maximum absolute atomic E-state index is 3.55. The quantitative estimate of drug-likeness (QED) is 0.748. The minimum Gasteiger partial charge on any atom is -0.314 e. The normalized spacial score (nSPS) is 54.2. The number of piperazine rings is 1. The van der Waals surface area contributed by atoms with E-state index in [0.29, 0.717) is 5.54 Å². The van der Waals surface area contributed by atoms with Gasteiger partial charge < -0.3 is 5.32 Å². The van der Waals surface area contributed by atoms with Crippen LogP contribution in [0.1, 0.15) is 45.4 Å². The second-order valence-corrected chi connectivity index (χ2v) is 7.39. The molecule has 1 atom stereocenters. The van der Waals surface area contributed by atoms with Gasteiger partial charge in [-0.25, -0.2) is 0 Å². The Balaban J connectivity index is 1.63. The van der Waals surface area contributed by atoms with Gasteiger partial charge in [0.15, 0.2) is 0 Å². The van der Waals surface area contributed by atoms with E-state index in [1.54, 1.807) is 19.3 Å². The van der Waals surface area contributed by atoms with Crippen LogP contribution in [0.4, 0.5) is 0 Å². The zero-order valence-electron chi connectivity index (χ0n) is 11.1. The average Bonchev–Trinajstić information content (AvgIpc) is 2.27. The van der Waals surface area contributed by atoms with E-state index < -0.39 is 0 Å². The first kappa shape index (κ1) is 10.8. The van der Waals surface area contributed by atoms with Gasteiger partial charge in [-0.05, 0) is 63.2 Å². The Labute approximate surface area is 105 Å². The van der Waals surface area contributed by atoms with Gasteiger partial charge in [-0.2, -0.15) is 0 Å². The lowest BCUT2D eigenvalue weighted by Gasteiger charge is -2.62. The fraction of sp³-hybridized carbons (Fsp3) is 1.00. The van der Waals surface area contributed by atoms with Crippen molar-refractivity contribution in [3.63, 3.8) is 0 Å². The summed E-state index contributed by atoms with van der Waals surface area (Å²) in [5, 5.41) is 3.55. The maximum atomic E-state index is 3.55. The highest BCUT2D eigenvalue weighted by Crippen LogP contribution is 2.58. The summed E-state index contributed by atoms with van der Waals surface area (Å²) in [6.07, 6.45) is 9.30. The van der Waals surface area contributed by atoms with Crippen molar-refractivity contribution in [3.05, 3.63) is 0 Å². The van der Waals surface area contributed by atoms with Crippen LogP contribution in [0.15, 0.2) is 0 Å². The van der Waals surface area contributed by atoms with E-state index in [-0.39, 0.29) is 0 Å². The Bertz CT molecular complexity index is 277. The second kappa shape index (κ2) is 3.71. The Morgan fingerprint density at radius 3 is 2.12 bits per heavy atom. The minimum atomic E-state index is 0.635. The third-order valence-corrected chi connectivity index (χ3v) is 6.12. The van der Waals surface area contributed by atoms with Gasteiger partial charge in [0.1, 0.15) is 0 Å².